The summed E-state index contributed by atoms with van der Waals surface area (Å²) in [6.07, 6.45) is 2.05. The average Bonchev–Trinajstić information content (AvgIpc) is 3.25. The van der Waals surface area contributed by atoms with Crippen LogP contribution < -0.4 is 5.32 Å². The van der Waals surface area contributed by atoms with Gasteiger partial charge in [0, 0.05) is 17.7 Å². The average molecular weight is 292 g/mol. The minimum atomic E-state index is -0.597. The maximum Gasteiger partial charge on any atom is 0.244 e. The lowest BCUT2D eigenvalue weighted by atomic mass is 10.1. The zero-order valence-corrected chi connectivity index (χ0v) is 12.1. The molecule has 2 atom stereocenters. The lowest BCUT2D eigenvalue weighted by Gasteiger charge is -2.26. The van der Waals surface area contributed by atoms with Gasteiger partial charge in [0.15, 0.2) is 0 Å². The highest BCUT2D eigenvalue weighted by Gasteiger charge is 2.65. The van der Waals surface area contributed by atoms with Crippen molar-refractivity contribution in [3.63, 3.8) is 0 Å². The molecule has 5 heteroatoms. The first-order valence-electron chi connectivity index (χ1n) is 7.40. The van der Waals surface area contributed by atoms with E-state index in [4.69, 9.17) is 0 Å². The third-order valence-electron chi connectivity index (χ3n) is 5.14. The molecule has 1 saturated heterocycles. The molecule has 1 heterocycles. The van der Waals surface area contributed by atoms with Crippen molar-refractivity contribution in [2.75, 3.05) is 0 Å². The van der Waals surface area contributed by atoms with E-state index in [1.165, 1.54) is 12.1 Å². The highest BCUT2D eigenvalue weighted by molar-refractivity contribution is 5.92. The van der Waals surface area contributed by atoms with Crippen LogP contribution in [0.3, 0.4) is 0 Å². The fourth-order valence-electron chi connectivity index (χ4n) is 3.43. The summed E-state index contributed by atoms with van der Waals surface area (Å²) in [5.41, 5.74) is -0.0623. The Labute approximate surface area is 122 Å². The molecule has 1 spiro atoms. The Morgan fingerprint density at radius 1 is 1.29 bits per heavy atom. The normalized spacial score (nSPS) is 31.8. The minimum Gasteiger partial charge on any atom is -0.318 e. The minimum absolute atomic E-state index is 0.0757. The molecule has 3 fully saturated rings. The van der Waals surface area contributed by atoms with Crippen LogP contribution in [0.15, 0.2) is 18.2 Å². The van der Waals surface area contributed by atoms with Crippen molar-refractivity contribution < 1.29 is 13.6 Å². The molecule has 1 aromatic carbocycles. The molecular weight excluding hydrogens is 274 g/mol. The summed E-state index contributed by atoms with van der Waals surface area (Å²) in [6.45, 7) is 4.22. The van der Waals surface area contributed by atoms with Gasteiger partial charge in [-0.2, -0.15) is 0 Å². The first kappa shape index (κ1) is 13.2. The van der Waals surface area contributed by atoms with Gasteiger partial charge in [0.05, 0.1) is 0 Å². The van der Waals surface area contributed by atoms with Gasteiger partial charge in [-0.05, 0) is 36.8 Å². The van der Waals surface area contributed by atoms with Crippen molar-refractivity contribution in [2.45, 2.75) is 50.9 Å². The predicted octanol–water partition coefficient (Wildman–Crippen LogP) is 2.73. The largest absolute Gasteiger partial charge is 0.318 e. The fraction of sp³-hybridized carbons (Fsp3) is 0.562. The molecule has 0 bridgehead atoms. The Morgan fingerprint density at radius 3 is 2.48 bits per heavy atom. The van der Waals surface area contributed by atoms with Gasteiger partial charge < -0.3 is 4.90 Å². The highest BCUT2D eigenvalue weighted by atomic mass is 19.1. The van der Waals surface area contributed by atoms with E-state index in [1.54, 1.807) is 4.90 Å². The van der Waals surface area contributed by atoms with Gasteiger partial charge in [0.2, 0.25) is 5.91 Å². The lowest BCUT2D eigenvalue weighted by molar-refractivity contribution is -0.131. The number of carbonyl (C=O) groups is 1. The van der Waals surface area contributed by atoms with Crippen LogP contribution in [0.5, 0.6) is 0 Å². The zero-order valence-electron chi connectivity index (χ0n) is 12.1. The Balaban J connectivity index is 1.74. The van der Waals surface area contributed by atoms with Gasteiger partial charge in [-0.15, -0.1) is 0 Å². The van der Waals surface area contributed by atoms with Crippen LogP contribution in [0.1, 0.15) is 44.8 Å². The molecule has 0 radical (unpaired) electrons. The van der Waals surface area contributed by atoms with Crippen LogP contribution in [0.25, 0.3) is 0 Å². The SMILES string of the molecule is CC1(C)CC1N1C(=O)C2(CC2)NC1c1ccc(F)cc1F. The summed E-state index contributed by atoms with van der Waals surface area (Å²) in [6, 6.07) is 3.71. The first-order valence-corrected chi connectivity index (χ1v) is 7.40. The lowest BCUT2D eigenvalue weighted by Crippen LogP contribution is -2.36. The van der Waals surface area contributed by atoms with Crippen LogP contribution in [-0.4, -0.2) is 22.4 Å². The van der Waals surface area contributed by atoms with Crippen molar-refractivity contribution >= 4 is 5.91 Å². The number of nitrogens with zero attached hydrogens (tertiary/aromatic N) is 1. The molecule has 0 aromatic heterocycles. The van der Waals surface area contributed by atoms with Crippen molar-refractivity contribution in [2.24, 2.45) is 5.41 Å². The number of hydrogen-bond donors (Lipinski definition) is 1. The number of amides is 1. The fourth-order valence-corrected chi connectivity index (χ4v) is 3.43. The maximum absolute atomic E-state index is 14.1. The van der Waals surface area contributed by atoms with Crippen molar-refractivity contribution in [3.8, 4) is 0 Å². The van der Waals surface area contributed by atoms with Crippen molar-refractivity contribution in [3.05, 3.63) is 35.4 Å². The number of rotatable bonds is 2. The predicted molar refractivity (Wildman–Crippen MR) is 73.2 cm³/mol. The van der Waals surface area contributed by atoms with E-state index in [2.05, 4.69) is 19.2 Å². The van der Waals surface area contributed by atoms with Crippen LogP contribution >= 0.6 is 0 Å². The van der Waals surface area contributed by atoms with Gasteiger partial charge in [-0.25, -0.2) is 8.78 Å². The Hall–Kier alpha value is -1.49. The second-order valence-corrected chi connectivity index (χ2v) is 7.22. The van der Waals surface area contributed by atoms with Gasteiger partial charge in [0.25, 0.3) is 0 Å². The Bertz CT molecular complexity index is 639. The van der Waals surface area contributed by atoms with E-state index in [-0.39, 0.29) is 17.4 Å². The third-order valence-corrected chi connectivity index (χ3v) is 5.14. The molecule has 1 N–H and O–H groups in total. The van der Waals surface area contributed by atoms with E-state index in [1.807, 2.05) is 0 Å². The summed E-state index contributed by atoms with van der Waals surface area (Å²) in [5, 5.41) is 3.29. The Kier molecular flexibility index (Phi) is 2.40. The van der Waals surface area contributed by atoms with Crippen molar-refractivity contribution in [1.82, 2.24) is 10.2 Å². The summed E-state index contributed by atoms with van der Waals surface area (Å²) in [7, 11) is 0. The number of carbonyl (C=O) groups excluding carboxylic acids is 1. The second kappa shape index (κ2) is 3.83. The monoisotopic (exact) mass is 292 g/mol. The van der Waals surface area contributed by atoms with Crippen LogP contribution in [-0.2, 0) is 4.79 Å². The summed E-state index contributed by atoms with van der Waals surface area (Å²) >= 11 is 0. The molecule has 3 aliphatic rings. The third kappa shape index (κ3) is 1.83. The molecule has 3 nitrogen and oxygen atoms in total. The Morgan fingerprint density at radius 2 is 1.95 bits per heavy atom. The topological polar surface area (TPSA) is 32.3 Å². The molecule has 2 saturated carbocycles. The molecule has 1 aromatic rings. The molecular formula is C16H18F2N2O. The number of halogens is 2. The molecule has 21 heavy (non-hydrogen) atoms. The van der Waals surface area contributed by atoms with Crippen LogP contribution in [0.2, 0.25) is 0 Å². The molecule has 2 unspecified atom stereocenters. The number of hydrogen-bond acceptors (Lipinski definition) is 2. The summed E-state index contributed by atoms with van der Waals surface area (Å²) < 4.78 is 27.3. The van der Waals surface area contributed by atoms with E-state index in [9.17, 15) is 13.6 Å². The van der Waals surface area contributed by atoms with E-state index >= 15 is 0 Å². The van der Waals surface area contributed by atoms with Crippen LogP contribution in [0, 0.1) is 17.0 Å². The van der Waals surface area contributed by atoms with Crippen molar-refractivity contribution in [1.29, 1.82) is 0 Å². The number of nitrogens with one attached hydrogen (secondary N) is 1. The standard InChI is InChI=1S/C16H18F2N2O/c1-15(2)8-12(15)20-13(19-16(5-6-16)14(20)21)10-4-3-9(17)7-11(10)18/h3-4,7,12-13,19H,5-6,8H2,1-2H3. The quantitative estimate of drug-likeness (QED) is 0.909. The first-order chi connectivity index (χ1) is 9.84. The molecule has 4 rings (SSSR count). The van der Waals surface area contributed by atoms with E-state index < -0.39 is 23.3 Å². The summed E-state index contributed by atoms with van der Waals surface area (Å²) in [4.78, 5) is 14.5. The smallest absolute Gasteiger partial charge is 0.244 e. The molecule has 1 amide bonds. The van der Waals surface area contributed by atoms with Gasteiger partial charge in [-0.3, -0.25) is 10.1 Å². The molecule has 1 aliphatic heterocycles. The van der Waals surface area contributed by atoms with Gasteiger partial charge in [-0.1, -0.05) is 13.8 Å². The zero-order chi connectivity index (χ0) is 15.0. The maximum atomic E-state index is 14.1. The van der Waals surface area contributed by atoms with Gasteiger partial charge >= 0.3 is 0 Å². The molecule has 2 aliphatic carbocycles. The summed E-state index contributed by atoms with van der Waals surface area (Å²) in [5.74, 6) is -1.12. The van der Waals surface area contributed by atoms with E-state index in [0.717, 1.165) is 25.3 Å². The molecule has 112 valence electrons. The van der Waals surface area contributed by atoms with E-state index in [0.29, 0.717) is 5.56 Å². The second-order valence-electron chi connectivity index (χ2n) is 7.22. The van der Waals surface area contributed by atoms with Gasteiger partial charge in [0.1, 0.15) is 23.3 Å². The number of benzene rings is 1. The van der Waals surface area contributed by atoms with Crippen LogP contribution in [0.4, 0.5) is 8.78 Å². The highest BCUT2D eigenvalue weighted by Crippen LogP contribution is 2.56.